The van der Waals surface area contributed by atoms with E-state index in [1.807, 2.05) is 0 Å². The minimum absolute atomic E-state index is 0.0592. The first-order valence-corrected chi connectivity index (χ1v) is 2.99. The smallest absolute Gasteiger partial charge is 0.347 e. The Bertz CT molecular complexity index is 134. The van der Waals surface area contributed by atoms with Crippen molar-refractivity contribution >= 4 is 5.91 Å². The summed E-state index contributed by atoms with van der Waals surface area (Å²) in [6.45, 7) is -1.23. The molecule has 11 heavy (non-hydrogen) atoms. The molecule has 0 aliphatic rings. The highest BCUT2D eigenvalue weighted by molar-refractivity contribution is 5.76. The number of nitrogens with two attached hydrogens (primary N) is 1. The first kappa shape index (κ1) is 10.2. The Balaban J connectivity index is 3.46. The average molecular weight is 170 g/mol. The number of carbonyl (C=O) groups is 1. The van der Waals surface area contributed by atoms with Gasteiger partial charge in [-0.05, 0) is 0 Å². The quantitative estimate of drug-likeness (QED) is 0.627. The normalized spacial score (nSPS) is 11.3. The molecule has 0 radical (unpaired) electrons. The predicted octanol–water partition coefficient (Wildman–Crippen LogP) is 0.0137. The summed E-state index contributed by atoms with van der Waals surface area (Å²) < 4.78 is 34.2. The van der Waals surface area contributed by atoms with Gasteiger partial charge in [0, 0.05) is 13.0 Å². The highest BCUT2D eigenvalue weighted by atomic mass is 19.4. The minimum Gasteiger partial charge on any atom is -0.347 e. The number of hydrogen-bond acceptors (Lipinski definition) is 2. The van der Waals surface area contributed by atoms with E-state index in [1.54, 1.807) is 5.32 Å². The first-order chi connectivity index (χ1) is 4.95. The van der Waals surface area contributed by atoms with Crippen molar-refractivity contribution in [3.63, 3.8) is 0 Å². The van der Waals surface area contributed by atoms with E-state index in [0.29, 0.717) is 0 Å². The second-order valence-electron chi connectivity index (χ2n) is 1.93. The number of amides is 1. The standard InChI is InChI=1S/C5H9F3N2O/c6-5(7,8)3-10-4(11)1-2-9/h1-3,9H2,(H,10,11). The lowest BCUT2D eigenvalue weighted by Gasteiger charge is -2.06. The fraction of sp³-hybridized carbons (Fsp3) is 0.800. The number of carbonyl (C=O) groups excluding carboxylic acids is 1. The Kier molecular flexibility index (Phi) is 3.88. The molecule has 0 atom stereocenters. The van der Waals surface area contributed by atoms with Crippen molar-refractivity contribution in [1.82, 2.24) is 5.32 Å². The van der Waals surface area contributed by atoms with E-state index in [1.165, 1.54) is 0 Å². The van der Waals surface area contributed by atoms with Crippen LogP contribution in [0.1, 0.15) is 6.42 Å². The summed E-state index contributed by atoms with van der Waals surface area (Å²) in [5.41, 5.74) is 4.93. The summed E-state index contributed by atoms with van der Waals surface area (Å²) in [5, 5.41) is 1.68. The van der Waals surface area contributed by atoms with E-state index in [9.17, 15) is 18.0 Å². The molecule has 0 spiro atoms. The van der Waals surface area contributed by atoms with E-state index in [4.69, 9.17) is 5.73 Å². The number of alkyl halides is 3. The fourth-order valence-electron chi connectivity index (χ4n) is 0.418. The molecule has 0 saturated heterocycles. The highest BCUT2D eigenvalue weighted by Gasteiger charge is 2.27. The molecule has 0 fully saturated rings. The van der Waals surface area contributed by atoms with Crippen LogP contribution in [0, 0.1) is 0 Å². The lowest BCUT2D eigenvalue weighted by molar-refractivity contribution is -0.138. The lowest BCUT2D eigenvalue weighted by Crippen LogP contribution is -2.34. The molecule has 6 heteroatoms. The van der Waals surface area contributed by atoms with Gasteiger partial charge in [0.25, 0.3) is 0 Å². The predicted molar refractivity (Wildman–Crippen MR) is 32.7 cm³/mol. The van der Waals surface area contributed by atoms with Gasteiger partial charge in [0.05, 0.1) is 0 Å². The SMILES string of the molecule is NCCC(=O)NCC(F)(F)F. The van der Waals surface area contributed by atoms with Crippen LogP contribution in [0.4, 0.5) is 13.2 Å². The molecule has 0 aromatic carbocycles. The molecule has 66 valence electrons. The summed E-state index contributed by atoms with van der Waals surface area (Å²) in [5.74, 6) is -0.676. The highest BCUT2D eigenvalue weighted by Crippen LogP contribution is 2.11. The van der Waals surface area contributed by atoms with E-state index in [2.05, 4.69) is 0 Å². The van der Waals surface area contributed by atoms with Crippen LogP contribution in [0.15, 0.2) is 0 Å². The molecule has 0 aromatic heterocycles. The maximum Gasteiger partial charge on any atom is 0.405 e. The van der Waals surface area contributed by atoms with Gasteiger partial charge < -0.3 is 11.1 Å². The minimum atomic E-state index is -4.34. The molecule has 0 saturated carbocycles. The van der Waals surface area contributed by atoms with Crippen LogP contribution < -0.4 is 11.1 Å². The van der Waals surface area contributed by atoms with Gasteiger partial charge in [-0.2, -0.15) is 13.2 Å². The summed E-state index contributed by atoms with van der Waals surface area (Å²) >= 11 is 0. The molecule has 3 N–H and O–H groups in total. The fourth-order valence-corrected chi connectivity index (χ4v) is 0.418. The van der Waals surface area contributed by atoms with Crippen LogP contribution in [-0.2, 0) is 4.79 Å². The Labute approximate surface area is 61.7 Å². The zero-order valence-electron chi connectivity index (χ0n) is 5.74. The van der Waals surface area contributed by atoms with Gasteiger partial charge in [-0.15, -0.1) is 0 Å². The van der Waals surface area contributed by atoms with Crippen LogP contribution in [0.25, 0.3) is 0 Å². The first-order valence-electron chi connectivity index (χ1n) is 2.99. The summed E-state index contributed by atoms with van der Waals surface area (Å²) in [7, 11) is 0. The third-order valence-electron chi connectivity index (χ3n) is 0.857. The monoisotopic (exact) mass is 170 g/mol. The second kappa shape index (κ2) is 4.17. The van der Waals surface area contributed by atoms with Crippen molar-refractivity contribution < 1.29 is 18.0 Å². The van der Waals surface area contributed by atoms with Crippen LogP contribution in [0.3, 0.4) is 0 Å². The Morgan fingerprint density at radius 3 is 2.36 bits per heavy atom. The van der Waals surface area contributed by atoms with Crippen molar-refractivity contribution in [3.05, 3.63) is 0 Å². The largest absolute Gasteiger partial charge is 0.405 e. The van der Waals surface area contributed by atoms with Gasteiger partial charge in [0.2, 0.25) is 5.91 Å². The van der Waals surface area contributed by atoms with Gasteiger partial charge in [0.1, 0.15) is 6.54 Å². The molecule has 0 aliphatic heterocycles. The molecule has 3 nitrogen and oxygen atoms in total. The summed E-state index contributed by atoms with van der Waals surface area (Å²) in [4.78, 5) is 10.4. The Morgan fingerprint density at radius 2 is 2.00 bits per heavy atom. The van der Waals surface area contributed by atoms with Gasteiger partial charge in [-0.3, -0.25) is 4.79 Å². The van der Waals surface area contributed by atoms with Gasteiger partial charge in [0.15, 0.2) is 0 Å². The van der Waals surface area contributed by atoms with Crippen molar-refractivity contribution in [2.75, 3.05) is 13.1 Å². The number of nitrogens with one attached hydrogen (secondary N) is 1. The summed E-state index contributed by atoms with van der Waals surface area (Å²) in [6.07, 6.45) is -4.42. The molecule has 0 aliphatic carbocycles. The van der Waals surface area contributed by atoms with Crippen LogP contribution in [-0.4, -0.2) is 25.2 Å². The van der Waals surface area contributed by atoms with Crippen molar-refractivity contribution in [1.29, 1.82) is 0 Å². The van der Waals surface area contributed by atoms with E-state index in [-0.39, 0.29) is 13.0 Å². The maximum absolute atomic E-state index is 11.4. The maximum atomic E-state index is 11.4. The third kappa shape index (κ3) is 7.11. The zero-order valence-corrected chi connectivity index (χ0v) is 5.74. The number of hydrogen-bond donors (Lipinski definition) is 2. The molecular formula is C5H9F3N2O. The molecule has 0 heterocycles. The van der Waals surface area contributed by atoms with Crippen molar-refractivity contribution in [2.24, 2.45) is 5.73 Å². The number of halogens is 3. The van der Waals surface area contributed by atoms with Crippen LogP contribution >= 0.6 is 0 Å². The molecular weight excluding hydrogens is 161 g/mol. The molecule has 1 amide bonds. The zero-order chi connectivity index (χ0) is 8.91. The molecule has 0 rings (SSSR count). The van der Waals surface area contributed by atoms with E-state index < -0.39 is 18.6 Å². The van der Waals surface area contributed by atoms with E-state index >= 15 is 0 Å². The van der Waals surface area contributed by atoms with Gasteiger partial charge >= 0.3 is 6.18 Å². The van der Waals surface area contributed by atoms with Gasteiger partial charge in [-0.25, -0.2) is 0 Å². The van der Waals surface area contributed by atoms with Crippen LogP contribution in [0.2, 0.25) is 0 Å². The molecule has 0 aromatic rings. The topological polar surface area (TPSA) is 55.1 Å². The Hall–Kier alpha value is -0.780. The van der Waals surface area contributed by atoms with Gasteiger partial charge in [-0.1, -0.05) is 0 Å². The lowest BCUT2D eigenvalue weighted by atomic mass is 10.4. The Morgan fingerprint density at radius 1 is 1.45 bits per heavy atom. The molecule has 0 bridgehead atoms. The summed E-state index contributed by atoms with van der Waals surface area (Å²) in [6, 6.07) is 0. The van der Waals surface area contributed by atoms with Crippen molar-refractivity contribution in [2.45, 2.75) is 12.6 Å². The second-order valence-corrected chi connectivity index (χ2v) is 1.93. The van der Waals surface area contributed by atoms with E-state index in [0.717, 1.165) is 0 Å². The third-order valence-corrected chi connectivity index (χ3v) is 0.857. The average Bonchev–Trinajstić information content (AvgIpc) is 1.83. The van der Waals surface area contributed by atoms with Crippen LogP contribution in [0.5, 0.6) is 0 Å². The van der Waals surface area contributed by atoms with Crippen molar-refractivity contribution in [3.8, 4) is 0 Å². The number of rotatable bonds is 3. The molecule has 0 unspecified atom stereocenters.